The van der Waals surface area contributed by atoms with Crippen LogP contribution in [0.25, 0.3) is 11.4 Å². The summed E-state index contributed by atoms with van der Waals surface area (Å²) in [6, 6.07) is 17.1. The van der Waals surface area contributed by atoms with Crippen LogP contribution in [0.3, 0.4) is 0 Å². The molecule has 0 radical (unpaired) electrons. The summed E-state index contributed by atoms with van der Waals surface area (Å²) in [5.74, 6) is 2.11. The van der Waals surface area contributed by atoms with E-state index < -0.39 is 0 Å². The summed E-state index contributed by atoms with van der Waals surface area (Å²) in [4.78, 5) is 7.07. The number of aromatic nitrogens is 2. The SMILES string of the molecule is Clc1nc(-c2cccc(Oc3ccccc3)c2)[nH]c1Cl. The van der Waals surface area contributed by atoms with Gasteiger partial charge >= 0.3 is 0 Å². The second-order valence-electron chi connectivity index (χ2n) is 4.13. The number of para-hydroxylation sites is 1. The lowest BCUT2D eigenvalue weighted by Gasteiger charge is -2.06. The number of hydrogen-bond acceptors (Lipinski definition) is 2. The molecule has 1 heterocycles. The molecule has 3 aromatic rings. The average molecular weight is 305 g/mol. The van der Waals surface area contributed by atoms with Gasteiger partial charge in [0.1, 0.15) is 22.5 Å². The number of nitrogens with zero attached hydrogens (tertiary/aromatic N) is 1. The van der Waals surface area contributed by atoms with E-state index in [9.17, 15) is 0 Å². The number of hydrogen-bond donors (Lipinski definition) is 1. The van der Waals surface area contributed by atoms with Crippen LogP contribution in [-0.2, 0) is 0 Å². The first-order chi connectivity index (χ1) is 9.72. The van der Waals surface area contributed by atoms with Crippen molar-refractivity contribution in [2.24, 2.45) is 0 Å². The van der Waals surface area contributed by atoms with Crippen LogP contribution in [0.4, 0.5) is 0 Å². The van der Waals surface area contributed by atoms with Gasteiger partial charge in [0.05, 0.1) is 0 Å². The Balaban J connectivity index is 1.90. The van der Waals surface area contributed by atoms with Gasteiger partial charge in [-0.15, -0.1) is 0 Å². The highest BCUT2D eigenvalue weighted by atomic mass is 35.5. The van der Waals surface area contributed by atoms with Crippen molar-refractivity contribution in [3.63, 3.8) is 0 Å². The van der Waals surface area contributed by atoms with Crippen molar-refractivity contribution in [2.75, 3.05) is 0 Å². The number of H-pyrrole nitrogens is 1. The van der Waals surface area contributed by atoms with Crippen LogP contribution in [0.15, 0.2) is 54.6 Å². The van der Waals surface area contributed by atoms with Crippen LogP contribution in [0.2, 0.25) is 10.3 Å². The van der Waals surface area contributed by atoms with E-state index in [0.29, 0.717) is 11.0 Å². The van der Waals surface area contributed by atoms with Crippen molar-refractivity contribution < 1.29 is 4.74 Å². The molecule has 2 aromatic carbocycles. The highest BCUT2D eigenvalue weighted by Crippen LogP contribution is 2.28. The molecule has 5 heteroatoms. The minimum Gasteiger partial charge on any atom is -0.457 e. The maximum atomic E-state index is 5.87. The standard InChI is InChI=1S/C15H10Cl2N2O/c16-13-14(17)19-15(18-13)10-5-4-8-12(9-10)20-11-6-2-1-3-7-11/h1-9H,(H,18,19). The molecule has 3 nitrogen and oxygen atoms in total. The fourth-order valence-electron chi connectivity index (χ4n) is 1.80. The number of rotatable bonds is 3. The molecule has 0 atom stereocenters. The first-order valence-electron chi connectivity index (χ1n) is 5.97. The minimum absolute atomic E-state index is 0.260. The molecule has 0 aliphatic heterocycles. The Morgan fingerprint density at radius 2 is 1.65 bits per heavy atom. The third kappa shape index (κ3) is 2.79. The molecule has 0 bridgehead atoms. The van der Waals surface area contributed by atoms with Gasteiger partial charge in [0.2, 0.25) is 0 Å². The lowest BCUT2D eigenvalue weighted by atomic mass is 10.2. The van der Waals surface area contributed by atoms with Crippen LogP contribution in [0.5, 0.6) is 11.5 Å². The molecular weight excluding hydrogens is 295 g/mol. The van der Waals surface area contributed by atoms with Crippen LogP contribution in [0.1, 0.15) is 0 Å². The Morgan fingerprint density at radius 1 is 0.900 bits per heavy atom. The van der Waals surface area contributed by atoms with Gasteiger partial charge in [-0.05, 0) is 24.3 Å². The highest BCUT2D eigenvalue weighted by molar-refractivity contribution is 6.40. The molecule has 0 fully saturated rings. The van der Waals surface area contributed by atoms with Crippen LogP contribution in [-0.4, -0.2) is 9.97 Å². The molecule has 3 rings (SSSR count). The average Bonchev–Trinajstić information content (AvgIpc) is 2.80. The molecular formula is C15H10Cl2N2O. The lowest BCUT2D eigenvalue weighted by molar-refractivity contribution is 0.483. The molecule has 20 heavy (non-hydrogen) atoms. The van der Waals surface area contributed by atoms with Crippen LogP contribution in [0, 0.1) is 0 Å². The quantitative estimate of drug-likeness (QED) is 0.724. The van der Waals surface area contributed by atoms with E-state index in [1.807, 2.05) is 54.6 Å². The van der Waals surface area contributed by atoms with Gasteiger partial charge in [0.25, 0.3) is 0 Å². The van der Waals surface area contributed by atoms with Crippen molar-refractivity contribution in [1.82, 2.24) is 9.97 Å². The molecule has 0 aliphatic rings. The second-order valence-corrected chi connectivity index (χ2v) is 4.87. The molecule has 100 valence electrons. The molecule has 1 aromatic heterocycles. The third-order valence-corrected chi connectivity index (χ3v) is 3.35. The Morgan fingerprint density at radius 3 is 2.35 bits per heavy atom. The van der Waals surface area contributed by atoms with Gasteiger partial charge < -0.3 is 9.72 Å². The van der Waals surface area contributed by atoms with E-state index >= 15 is 0 Å². The van der Waals surface area contributed by atoms with Crippen molar-refractivity contribution in [3.8, 4) is 22.9 Å². The smallest absolute Gasteiger partial charge is 0.166 e. The number of halogens is 2. The number of aromatic amines is 1. The predicted molar refractivity (Wildman–Crippen MR) is 80.6 cm³/mol. The van der Waals surface area contributed by atoms with E-state index in [1.165, 1.54) is 0 Å². The summed E-state index contributed by atoms with van der Waals surface area (Å²) in [7, 11) is 0. The summed E-state index contributed by atoms with van der Waals surface area (Å²) in [5, 5.41) is 0.590. The topological polar surface area (TPSA) is 37.9 Å². The Bertz CT molecular complexity index is 706. The molecule has 0 saturated heterocycles. The third-order valence-electron chi connectivity index (χ3n) is 2.71. The summed E-state index contributed by atoms with van der Waals surface area (Å²) in [6.07, 6.45) is 0. The van der Waals surface area contributed by atoms with Crippen molar-refractivity contribution in [2.45, 2.75) is 0 Å². The van der Waals surface area contributed by atoms with Gasteiger partial charge in [-0.3, -0.25) is 0 Å². The van der Waals surface area contributed by atoms with Crippen LogP contribution >= 0.6 is 23.2 Å². The normalized spacial score (nSPS) is 10.5. The number of nitrogens with one attached hydrogen (secondary N) is 1. The number of benzene rings is 2. The monoisotopic (exact) mass is 304 g/mol. The first kappa shape index (κ1) is 13.0. The van der Waals surface area contributed by atoms with Gasteiger partial charge in [0.15, 0.2) is 5.15 Å². The zero-order valence-electron chi connectivity index (χ0n) is 10.3. The Labute approximate surface area is 126 Å². The Kier molecular flexibility index (Phi) is 3.63. The van der Waals surface area contributed by atoms with Gasteiger partial charge in [-0.1, -0.05) is 53.5 Å². The molecule has 0 amide bonds. The van der Waals surface area contributed by atoms with Crippen molar-refractivity contribution >= 4 is 23.2 Å². The van der Waals surface area contributed by atoms with E-state index in [-0.39, 0.29) is 5.15 Å². The van der Waals surface area contributed by atoms with Gasteiger partial charge in [0, 0.05) is 5.56 Å². The maximum absolute atomic E-state index is 5.87. The number of imidazole rings is 1. The fourth-order valence-corrected chi connectivity index (χ4v) is 2.06. The molecule has 0 saturated carbocycles. The fraction of sp³-hybridized carbons (Fsp3) is 0. The summed E-state index contributed by atoms with van der Waals surface area (Å²) >= 11 is 11.7. The predicted octanol–water partition coefficient (Wildman–Crippen LogP) is 5.18. The zero-order chi connectivity index (χ0) is 13.9. The van der Waals surface area contributed by atoms with Crippen LogP contribution < -0.4 is 4.74 Å². The zero-order valence-corrected chi connectivity index (χ0v) is 11.8. The maximum Gasteiger partial charge on any atom is 0.166 e. The lowest BCUT2D eigenvalue weighted by Crippen LogP contribution is -1.85. The Hall–Kier alpha value is -1.97. The van der Waals surface area contributed by atoms with E-state index in [1.54, 1.807) is 0 Å². The molecule has 0 spiro atoms. The van der Waals surface area contributed by atoms with Gasteiger partial charge in [-0.2, -0.15) is 0 Å². The van der Waals surface area contributed by atoms with E-state index in [0.717, 1.165) is 17.1 Å². The molecule has 1 N–H and O–H groups in total. The molecule has 0 aliphatic carbocycles. The van der Waals surface area contributed by atoms with Crippen molar-refractivity contribution in [1.29, 1.82) is 0 Å². The largest absolute Gasteiger partial charge is 0.457 e. The highest BCUT2D eigenvalue weighted by Gasteiger charge is 2.08. The summed E-state index contributed by atoms with van der Waals surface area (Å²) < 4.78 is 5.77. The summed E-state index contributed by atoms with van der Waals surface area (Å²) in [5.41, 5.74) is 0.854. The minimum atomic E-state index is 0.260. The van der Waals surface area contributed by atoms with E-state index in [4.69, 9.17) is 27.9 Å². The molecule has 0 unspecified atom stereocenters. The van der Waals surface area contributed by atoms with Crippen molar-refractivity contribution in [3.05, 3.63) is 64.9 Å². The van der Waals surface area contributed by atoms with Gasteiger partial charge in [-0.25, -0.2) is 4.98 Å². The number of ether oxygens (including phenoxy) is 1. The second kappa shape index (κ2) is 5.57. The first-order valence-corrected chi connectivity index (χ1v) is 6.72. The summed E-state index contributed by atoms with van der Waals surface area (Å²) in [6.45, 7) is 0. The van der Waals surface area contributed by atoms with E-state index in [2.05, 4.69) is 9.97 Å².